The van der Waals surface area contributed by atoms with E-state index in [0.29, 0.717) is 6.54 Å². The molecule has 0 amide bonds. The molecule has 1 aliphatic rings. The van der Waals surface area contributed by atoms with Gasteiger partial charge in [0, 0.05) is 23.5 Å². The number of carboxylic acids is 1. The number of hydrogen-bond acceptors (Lipinski definition) is 2. The molecule has 0 bridgehead atoms. The van der Waals surface area contributed by atoms with Gasteiger partial charge >= 0.3 is 5.97 Å². The minimum Gasteiger partial charge on any atom is -0.481 e. The third kappa shape index (κ3) is 2.53. The second-order valence-corrected chi connectivity index (χ2v) is 5.28. The molecule has 0 spiro atoms. The Bertz CT molecular complexity index is 422. The highest BCUT2D eigenvalue weighted by Gasteiger charge is 2.38. The van der Waals surface area contributed by atoms with E-state index in [1.807, 2.05) is 24.3 Å². The van der Waals surface area contributed by atoms with Crippen LogP contribution in [0, 0.1) is 5.92 Å². The molecule has 1 N–H and O–H groups in total. The van der Waals surface area contributed by atoms with Crippen LogP contribution in [0.15, 0.2) is 28.7 Å². The molecule has 0 aromatic heterocycles. The highest BCUT2D eigenvalue weighted by atomic mass is 79.9. The van der Waals surface area contributed by atoms with Crippen LogP contribution in [0.1, 0.15) is 18.4 Å². The zero-order valence-electron chi connectivity index (χ0n) is 9.77. The average molecular weight is 298 g/mol. The fourth-order valence-corrected chi connectivity index (χ4v) is 3.06. The molecule has 0 saturated carbocycles. The number of benzene rings is 1. The molecule has 1 aromatic rings. The molecular formula is C13H16BrNO2. The van der Waals surface area contributed by atoms with E-state index in [-0.39, 0.29) is 11.8 Å². The summed E-state index contributed by atoms with van der Waals surface area (Å²) in [5.41, 5.74) is 1.11. The minimum atomic E-state index is -0.693. The van der Waals surface area contributed by atoms with Crippen molar-refractivity contribution in [1.82, 2.24) is 4.90 Å². The first kappa shape index (κ1) is 12.6. The summed E-state index contributed by atoms with van der Waals surface area (Å²) in [4.78, 5) is 13.5. The van der Waals surface area contributed by atoms with Crippen LogP contribution >= 0.6 is 15.9 Å². The van der Waals surface area contributed by atoms with Crippen LogP contribution in [0.25, 0.3) is 0 Å². The number of rotatable bonds is 3. The van der Waals surface area contributed by atoms with Crippen LogP contribution in [-0.4, -0.2) is 35.6 Å². The standard InChI is InChI=1S/C13H16BrNO2/c1-2-15-7-10(11(8-15)13(16)17)9-5-3-4-6-12(9)14/h3-6,10-11H,2,7-8H2,1H3,(H,16,17). The number of aliphatic carboxylic acids is 1. The van der Waals surface area contributed by atoms with Gasteiger partial charge in [-0.05, 0) is 18.2 Å². The molecule has 4 heteroatoms. The number of carboxylic acid groups (broad SMARTS) is 1. The van der Waals surface area contributed by atoms with Gasteiger partial charge in [0.2, 0.25) is 0 Å². The Morgan fingerprint density at radius 3 is 2.76 bits per heavy atom. The van der Waals surface area contributed by atoms with E-state index in [0.717, 1.165) is 23.1 Å². The first-order valence-corrected chi connectivity index (χ1v) is 6.62. The summed E-state index contributed by atoms with van der Waals surface area (Å²) in [6, 6.07) is 7.91. The second kappa shape index (κ2) is 5.19. The van der Waals surface area contributed by atoms with Crippen molar-refractivity contribution in [2.45, 2.75) is 12.8 Å². The van der Waals surface area contributed by atoms with Crippen LogP contribution in [-0.2, 0) is 4.79 Å². The van der Waals surface area contributed by atoms with Crippen LogP contribution in [0.2, 0.25) is 0 Å². The van der Waals surface area contributed by atoms with Gasteiger partial charge in [-0.2, -0.15) is 0 Å². The van der Waals surface area contributed by atoms with E-state index in [4.69, 9.17) is 0 Å². The van der Waals surface area contributed by atoms with E-state index >= 15 is 0 Å². The summed E-state index contributed by atoms with van der Waals surface area (Å²) in [5, 5.41) is 9.31. The third-order valence-corrected chi connectivity index (χ3v) is 4.19. The first-order chi connectivity index (χ1) is 8.13. The number of likely N-dealkylation sites (tertiary alicyclic amines) is 1. The summed E-state index contributed by atoms with van der Waals surface area (Å²) < 4.78 is 1.01. The van der Waals surface area contributed by atoms with Gasteiger partial charge < -0.3 is 10.0 Å². The normalized spacial score (nSPS) is 25.1. The Kier molecular flexibility index (Phi) is 3.84. The van der Waals surface area contributed by atoms with Gasteiger partial charge in [0.05, 0.1) is 5.92 Å². The molecule has 2 rings (SSSR count). The van der Waals surface area contributed by atoms with Crippen LogP contribution < -0.4 is 0 Å². The lowest BCUT2D eigenvalue weighted by Gasteiger charge is -2.16. The topological polar surface area (TPSA) is 40.5 Å². The summed E-state index contributed by atoms with van der Waals surface area (Å²) in [6.07, 6.45) is 0. The molecule has 1 saturated heterocycles. The molecular weight excluding hydrogens is 282 g/mol. The van der Waals surface area contributed by atoms with Gasteiger partial charge in [0.25, 0.3) is 0 Å². The van der Waals surface area contributed by atoms with Crippen LogP contribution in [0.5, 0.6) is 0 Å². The molecule has 0 radical (unpaired) electrons. The van der Waals surface area contributed by atoms with Crippen molar-refractivity contribution in [3.63, 3.8) is 0 Å². The number of carbonyl (C=O) groups is 1. The molecule has 0 aliphatic carbocycles. The molecule has 1 fully saturated rings. The quantitative estimate of drug-likeness (QED) is 0.932. The van der Waals surface area contributed by atoms with Crippen molar-refractivity contribution in [3.05, 3.63) is 34.3 Å². The lowest BCUT2D eigenvalue weighted by Crippen LogP contribution is -2.23. The molecule has 92 valence electrons. The number of likely N-dealkylation sites (N-methyl/N-ethyl adjacent to an activating group) is 1. The average Bonchev–Trinajstić information content (AvgIpc) is 2.73. The lowest BCUT2D eigenvalue weighted by molar-refractivity contribution is -0.141. The zero-order chi connectivity index (χ0) is 12.4. The van der Waals surface area contributed by atoms with Crippen molar-refractivity contribution in [3.8, 4) is 0 Å². The smallest absolute Gasteiger partial charge is 0.308 e. The van der Waals surface area contributed by atoms with Gasteiger partial charge in [-0.25, -0.2) is 0 Å². The van der Waals surface area contributed by atoms with E-state index in [1.165, 1.54) is 0 Å². The monoisotopic (exact) mass is 297 g/mol. The van der Waals surface area contributed by atoms with Gasteiger partial charge in [-0.15, -0.1) is 0 Å². The van der Waals surface area contributed by atoms with Gasteiger partial charge in [-0.1, -0.05) is 41.1 Å². The molecule has 1 heterocycles. The minimum absolute atomic E-state index is 0.0861. The lowest BCUT2D eigenvalue weighted by atomic mass is 9.89. The predicted molar refractivity (Wildman–Crippen MR) is 70.1 cm³/mol. The largest absolute Gasteiger partial charge is 0.481 e. The summed E-state index contributed by atoms with van der Waals surface area (Å²) in [5.74, 6) is -0.904. The molecule has 2 unspecified atom stereocenters. The Morgan fingerprint density at radius 2 is 2.18 bits per heavy atom. The van der Waals surface area contributed by atoms with Crippen molar-refractivity contribution >= 4 is 21.9 Å². The van der Waals surface area contributed by atoms with Crippen LogP contribution in [0.4, 0.5) is 0 Å². The number of nitrogens with zero attached hydrogens (tertiary/aromatic N) is 1. The van der Waals surface area contributed by atoms with E-state index in [1.54, 1.807) is 0 Å². The van der Waals surface area contributed by atoms with Gasteiger partial charge in [0.15, 0.2) is 0 Å². The van der Waals surface area contributed by atoms with Gasteiger partial charge in [-0.3, -0.25) is 4.79 Å². The van der Waals surface area contributed by atoms with E-state index in [9.17, 15) is 9.90 Å². The second-order valence-electron chi connectivity index (χ2n) is 4.42. The molecule has 3 nitrogen and oxygen atoms in total. The highest BCUT2D eigenvalue weighted by Crippen LogP contribution is 2.36. The Labute approximate surface area is 110 Å². The number of halogens is 1. The Balaban J connectivity index is 2.30. The molecule has 1 aromatic carbocycles. The fourth-order valence-electron chi connectivity index (χ4n) is 2.48. The Morgan fingerprint density at radius 1 is 1.47 bits per heavy atom. The SMILES string of the molecule is CCN1CC(C(=O)O)C(c2ccccc2Br)C1. The molecule has 17 heavy (non-hydrogen) atoms. The summed E-state index contributed by atoms with van der Waals surface area (Å²) in [7, 11) is 0. The first-order valence-electron chi connectivity index (χ1n) is 5.83. The van der Waals surface area contributed by atoms with Crippen molar-refractivity contribution in [1.29, 1.82) is 0 Å². The van der Waals surface area contributed by atoms with E-state index < -0.39 is 5.97 Å². The third-order valence-electron chi connectivity index (χ3n) is 3.46. The number of hydrogen-bond donors (Lipinski definition) is 1. The predicted octanol–water partition coefficient (Wildman–Crippen LogP) is 2.57. The van der Waals surface area contributed by atoms with Crippen molar-refractivity contribution in [2.75, 3.05) is 19.6 Å². The maximum Gasteiger partial charge on any atom is 0.308 e. The maximum absolute atomic E-state index is 11.3. The van der Waals surface area contributed by atoms with Crippen LogP contribution in [0.3, 0.4) is 0 Å². The molecule has 2 atom stereocenters. The van der Waals surface area contributed by atoms with E-state index in [2.05, 4.69) is 27.8 Å². The zero-order valence-corrected chi connectivity index (χ0v) is 11.4. The Hall–Kier alpha value is -0.870. The summed E-state index contributed by atoms with van der Waals surface area (Å²) >= 11 is 3.51. The fraction of sp³-hybridized carbons (Fsp3) is 0.462. The molecule has 1 aliphatic heterocycles. The highest BCUT2D eigenvalue weighted by molar-refractivity contribution is 9.10. The van der Waals surface area contributed by atoms with Gasteiger partial charge in [0.1, 0.15) is 0 Å². The summed E-state index contributed by atoms with van der Waals surface area (Å²) in [6.45, 7) is 4.46. The van der Waals surface area contributed by atoms with Crippen molar-refractivity contribution in [2.24, 2.45) is 5.92 Å². The van der Waals surface area contributed by atoms with Crippen molar-refractivity contribution < 1.29 is 9.90 Å². The maximum atomic E-state index is 11.3.